The molecule has 9 heteroatoms. The van der Waals surface area contributed by atoms with Crippen LogP contribution >= 0.6 is 34.9 Å². The van der Waals surface area contributed by atoms with Crippen molar-refractivity contribution in [1.82, 2.24) is 15.1 Å². The molecule has 1 aromatic heterocycles. The summed E-state index contributed by atoms with van der Waals surface area (Å²) in [7, 11) is 0. The molecule has 0 saturated carbocycles. The monoisotopic (exact) mass is 334 g/mol. The minimum atomic E-state index is -0.379. The smallest absolute Gasteiger partial charge is 0.233 e. The molecule has 0 aliphatic heterocycles. The summed E-state index contributed by atoms with van der Waals surface area (Å²) in [6.45, 7) is 7.06. The number of nitrogens with two attached hydrogens (primary N) is 1. The van der Waals surface area contributed by atoms with Crippen LogP contribution in [0.2, 0.25) is 0 Å². The SMILES string of the molecule is CCN(CC)C(=O)CSc1nnc(SC(C)C(N)=O)s1. The maximum atomic E-state index is 11.8. The lowest BCUT2D eigenvalue weighted by Gasteiger charge is -2.17. The van der Waals surface area contributed by atoms with Crippen LogP contribution in [0.25, 0.3) is 0 Å². The second-order valence-corrected chi connectivity index (χ2v) is 7.64. The van der Waals surface area contributed by atoms with E-state index in [2.05, 4.69) is 10.2 Å². The molecule has 6 nitrogen and oxygen atoms in total. The average Bonchev–Trinajstić information content (AvgIpc) is 2.85. The highest BCUT2D eigenvalue weighted by atomic mass is 32.2. The molecule has 0 bridgehead atoms. The first kappa shape index (κ1) is 17.3. The Hall–Kier alpha value is -0.800. The lowest BCUT2D eigenvalue weighted by atomic mass is 10.5. The van der Waals surface area contributed by atoms with E-state index in [0.29, 0.717) is 23.2 Å². The number of nitrogens with zero attached hydrogens (tertiary/aromatic N) is 3. The highest BCUT2D eigenvalue weighted by Gasteiger charge is 2.16. The molecule has 0 fully saturated rings. The topological polar surface area (TPSA) is 89.2 Å². The summed E-state index contributed by atoms with van der Waals surface area (Å²) in [6, 6.07) is 0. The summed E-state index contributed by atoms with van der Waals surface area (Å²) in [5, 5.41) is 7.64. The molecule has 0 aliphatic rings. The van der Waals surface area contributed by atoms with Gasteiger partial charge in [0, 0.05) is 13.1 Å². The van der Waals surface area contributed by atoms with Crippen molar-refractivity contribution >= 4 is 46.7 Å². The number of hydrogen-bond acceptors (Lipinski definition) is 7. The van der Waals surface area contributed by atoms with Gasteiger partial charge in [-0.25, -0.2) is 0 Å². The molecule has 20 heavy (non-hydrogen) atoms. The Morgan fingerprint density at radius 2 is 1.90 bits per heavy atom. The molecule has 1 unspecified atom stereocenters. The van der Waals surface area contributed by atoms with Crippen molar-refractivity contribution in [1.29, 1.82) is 0 Å². The van der Waals surface area contributed by atoms with Crippen molar-refractivity contribution < 1.29 is 9.59 Å². The average molecular weight is 334 g/mol. The van der Waals surface area contributed by atoms with Crippen LogP contribution in [0.1, 0.15) is 20.8 Å². The molecule has 112 valence electrons. The van der Waals surface area contributed by atoms with Crippen molar-refractivity contribution in [3.63, 3.8) is 0 Å². The zero-order valence-electron chi connectivity index (χ0n) is 11.7. The second-order valence-electron chi connectivity index (χ2n) is 3.85. The number of aromatic nitrogens is 2. The fourth-order valence-electron chi connectivity index (χ4n) is 1.30. The molecule has 2 amide bonds. The molecule has 0 radical (unpaired) electrons. The van der Waals surface area contributed by atoms with Crippen molar-refractivity contribution in [2.75, 3.05) is 18.8 Å². The summed E-state index contributed by atoms with van der Waals surface area (Å²) >= 11 is 4.02. The first-order valence-corrected chi connectivity index (χ1v) is 8.86. The predicted octanol–water partition coefficient (Wildman–Crippen LogP) is 1.46. The van der Waals surface area contributed by atoms with Crippen LogP contribution in [-0.4, -0.2) is 51.0 Å². The molecular formula is C11H18N4O2S3. The quantitative estimate of drug-likeness (QED) is 0.724. The van der Waals surface area contributed by atoms with Gasteiger partial charge in [0.1, 0.15) is 0 Å². The van der Waals surface area contributed by atoms with Crippen molar-refractivity contribution in [3.8, 4) is 0 Å². The number of hydrogen-bond donors (Lipinski definition) is 1. The second kappa shape index (κ2) is 8.48. The van der Waals surface area contributed by atoms with E-state index in [9.17, 15) is 9.59 Å². The molecule has 0 saturated heterocycles. The molecule has 1 aromatic rings. The fourth-order valence-corrected chi connectivity index (χ4v) is 4.32. The van der Waals surface area contributed by atoms with Crippen LogP contribution in [0, 0.1) is 0 Å². The van der Waals surface area contributed by atoms with Crippen molar-refractivity contribution in [2.45, 2.75) is 34.7 Å². The van der Waals surface area contributed by atoms with Gasteiger partial charge in [-0.15, -0.1) is 10.2 Å². The first-order chi connectivity index (χ1) is 9.47. The predicted molar refractivity (Wildman–Crippen MR) is 83.1 cm³/mol. The standard InChI is InChI=1S/C11H18N4O2S3/c1-4-15(5-2)8(16)6-18-10-13-14-11(20-10)19-7(3)9(12)17/h7H,4-6H2,1-3H3,(H2,12,17). The minimum absolute atomic E-state index is 0.0925. The van der Waals surface area contributed by atoms with Gasteiger partial charge in [0.05, 0.1) is 11.0 Å². The summed E-state index contributed by atoms with van der Waals surface area (Å²) in [6.07, 6.45) is 0. The van der Waals surface area contributed by atoms with E-state index in [1.165, 1.54) is 34.9 Å². The van der Waals surface area contributed by atoms with E-state index in [-0.39, 0.29) is 17.1 Å². The third-order valence-electron chi connectivity index (χ3n) is 2.50. The van der Waals surface area contributed by atoms with Crippen LogP contribution < -0.4 is 5.73 Å². The Balaban J connectivity index is 2.48. The van der Waals surface area contributed by atoms with E-state index in [4.69, 9.17) is 5.73 Å². The number of carbonyl (C=O) groups excluding carboxylic acids is 2. The lowest BCUT2D eigenvalue weighted by molar-refractivity contribution is -0.128. The van der Waals surface area contributed by atoms with E-state index in [0.717, 1.165) is 4.34 Å². The molecule has 0 spiro atoms. The van der Waals surface area contributed by atoms with Gasteiger partial charge >= 0.3 is 0 Å². The van der Waals surface area contributed by atoms with Crippen molar-refractivity contribution in [2.24, 2.45) is 5.73 Å². The minimum Gasteiger partial charge on any atom is -0.369 e. The fraction of sp³-hybridized carbons (Fsp3) is 0.636. The normalized spacial score (nSPS) is 12.2. The van der Waals surface area contributed by atoms with Crippen LogP contribution in [-0.2, 0) is 9.59 Å². The van der Waals surface area contributed by atoms with E-state index in [1.807, 2.05) is 13.8 Å². The number of primary amides is 1. The van der Waals surface area contributed by atoms with Gasteiger partial charge in [-0.05, 0) is 20.8 Å². The zero-order valence-corrected chi connectivity index (χ0v) is 14.1. The third kappa shape index (κ3) is 5.29. The zero-order chi connectivity index (χ0) is 15.1. The lowest BCUT2D eigenvalue weighted by Crippen LogP contribution is -2.31. The van der Waals surface area contributed by atoms with Gasteiger partial charge in [0.2, 0.25) is 11.8 Å². The van der Waals surface area contributed by atoms with Gasteiger partial charge in [-0.1, -0.05) is 34.9 Å². The molecule has 0 aliphatic carbocycles. The maximum absolute atomic E-state index is 11.8. The maximum Gasteiger partial charge on any atom is 0.233 e. The third-order valence-corrected chi connectivity index (χ3v) is 5.75. The summed E-state index contributed by atoms with van der Waals surface area (Å²) in [4.78, 5) is 24.6. The molecule has 2 N–H and O–H groups in total. The first-order valence-electron chi connectivity index (χ1n) is 6.17. The molecule has 1 rings (SSSR count). The Kier molecular flexibility index (Phi) is 7.31. The molecule has 0 aromatic carbocycles. The number of thioether (sulfide) groups is 2. The van der Waals surface area contributed by atoms with Crippen LogP contribution in [0.4, 0.5) is 0 Å². The highest BCUT2D eigenvalue weighted by molar-refractivity contribution is 8.04. The number of carbonyl (C=O) groups is 2. The van der Waals surface area contributed by atoms with E-state index >= 15 is 0 Å². The van der Waals surface area contributed by atoms with Crippen molar-refractivity contribution in [3.05, 3.63) is 0 Å². The summed E-state index contributed by atoms with van der Waals surface area (Å²) < 4.78 is 1.42. The number of amides is 2. The molecular weight excluding hydrogens is 316 g/mol. The van der Waals surface area contributed by atoms with Crippen LogP contribution in [0.3, 0.4) is 0 Å². The largest absolute Gasteiger partial charge is 0.369 e. The molecule has 1 atom stereocenters. The van der Waals surface area contributed by atoms with Gasteiger partial charge in [0.25, 0.3) is 0 Å². The van der Waals surface area contributed by atoms with Crippen LogP contribution in [0.5, 0.6) is 0 Å². The summed E-state index contributed by atoms with van der Waals surface area (Å²) in [5.74, 6) is 0.0674. The highest BCUT2D eigenvalue weighted by Crippen LogP contribution is 2.31. The van der Waals surface area contributed by atoms with Gasteiger partial charge in [-0.2, -0.15) is 0 Å². The Bertz CT molecular complexity index is 462. The van der Waals surface area contributed by atoms with Crippen LogP contribution in [0.15, 0.2) is 8.68 Å². The van der Waals surface area contributed by atoms with E-state index in [1.54, 1.807) is 11.8 Å². The Morgan fingerprint density at radius 3 is 2.45 bits per heavy atom. The van der Waals surface area contributed by atoms with Gasteiger partial charge < -0.3 is 10.6 Å². The van der Waals surface area contributed by atoms with E-state index < -0.39 is 0 Å². The summed E-state index contributed by atoms with van der Waals surface area (Å²) in [5.41, 5.74) is 5.19. The number of rotatable bonds is 8. The molecule has 1 heterocycles. The Morgan fingerprint density at radius 1 is 1.30 bits per heavy atom. The van der Waals surface area contributed by atoms with Gasteiger partial charge in [0.15, 0.2) is 8.68 Å². The Labute approximate surface area is 130 Å². The van der Waals surface area contributed by atoms with Gasteiger partial charge in [-0.3, -0.25) is 9.59 Å².